The molecule has 0 unspecified atom stereocenters. The van der Waals surface area contributed by atoms with E-state index in [0.29, 0.717) is 17.1 Å². The number of nitrogens with one attached hydrogen (secondary N) is 1. The summed E-state index contributed by atoms with van der Waals surface area (Å²) in [6, 6.07) is 3.29. The summed E-state index contributed by atoms with van der Waals surface area (Å²) in [6.07, 6.45) is 1.50. The number of rotatable bonds is 2. The summed E-state index contributed by atoms with van der Waals surface area (Å²) in [7, 11) is 0. The second-order valence-electron chi connectivity index (χ2n) is 3.11. The van der Waals surface area contributed by atoms with E-state index in [-0.39, 0.29) is 6.54 Å². The molecule has 1 aromatic carbocycles. The fourth-order valence-electron chi connectivity index (χ4n) is 1.32. The van der Waals surface area contributed by atoms with E-state index in [4.69, 9.17) is 5.73 Å². The highest BCUT2D eigenvalue weighted by Gasteiger charge is 2.05. The van der Waals surface area contributed by atoms with E-state index in [1.54, 1.807) is 0 Å². The summed E-state index contributed by atoms with van der Waals surface area (Å²) in [4.78, 5) is 6.81. The number of benzene rings is 1. The average Bonchev–Trinajstić information content (AvgIpc) is 2.64. The number of imidazole rings is 1. The first kappa shape index (κ1) is 9.79. The summed E-state index contributed by atoms with van der Waals surface area (Å²) in [5, 5.41) is 0. The Hall–Kier alpha value is -1.75. The van der Waals surface area contributed by atoms with Crippen LogP contribution in [0.1, 0.15) is 5.82 Å². The summed E-state index contributed by atoms with van der Waals surface area (Å²) in [5.74, 6) is -0.655. The molecule has 0 radical (unpaired) electrons. The van der Waals surface area contributed by atoms with Gasteiger partial charge < -0.3 is 10.7 Å². The van der Waals surface area contributed by atoms with Crippen molar-refractivity contribution in [3.05, 3.63) is 41.9 Å². The molecular formula is C10H9F2N3. The molecule has 0 saturated carbocycles. The quantitative estimate of drug-likeness (QED) is 0.792. The number of nitrogens with zero attached hydrogens (tertiary/aromatic N) is 1. The summed E-state index contributed by atoms with van der Waals surface area (Å²) < 4.78 is 25.8. The normalized spacial score (nSPS) is 10.6. The van der Waals surface area contributed by atoms with Crippen molar-refractivity contribution >= 4 is 0 Å². The van der Waals surface area contributed by atoms with Crippen molar-refractivity contribution in [2.45, 2.75) is 6.54 Å². The lowest BCUT2D eigenvalue weighted by Gasteiger charge is -1.98. The molecule has 2 rings (SSSR count). The van der Waals surface area contributed by atoms with Crippen molar-refractivity contribution in [1.29, 1.82) is 0 Å². The molecule has 5 heteroatoms. The van der Waals surface area contributed by atoms with Gasteiger partial charge in [-0.15, -0.1) is 0 Å². The number of H-pyrrole nitrogens is 1. The molecule has 1 aromatic heterocycles. The van der Waals surface area contributed by atoms with Crippen LogP contribution in [0.2, 0.25) is 0 Å². The fraction of sp³-hybridized carbons (Fsp3) is 0.100. The average molecular weight is 209 g/mol. The topological polar surface area (TPSA) is 54.7 Å². The standard InChI is InChI=1S/C10H9F2N3/c11-7-1-6(2-8(12)3-7)9-5-14-10(4-13)15-9/h1-3,5H,4,13H2,(H,14,15). The van der Waals surface area contributed by atoms with E-state index in [2.05, 4.69) is 9.97 Å². The molecule has 1 heterocycles. The lowest BCUT2D eigenvalue weighted by atomic mass is 10.1. The van der Waals surface area contributed by atoms with E-state index in [1.807, 2.05) is 0 Å². The molecule has 0 aliphatic carbocycles. The summed E-state index contributed by atoms with van der Waals surface area (Å²) >= 11 is 0. The molecule has 3 N–H and O–H groups in total. The minimum Gasteiger partial charge on any atom is -0.341 e. The lowest BCUT2D eigenvalue weighted by Crippen LogP contribution is -1.97. The third-order valence-electron chi connectivity index (χ3n) is 2.00. The Labute approximate surface area is 85.0 Å². The molecule has 0 aliphatic heterocycles. The van der Waals surface area contributed by atoms with E-state index in [1.165, 1.54) is 18.3 Å². The van der Waals surface area contributed by atoms with Crippen LogP contribution >= 0.6 is 0 Å². The SMILES string of the molecule is NCc1ncc(-c2cc(F)cc(F)c2)[nH]1. The molecule has 0 spiro atoms. The Morgan fingerprint density at radius 2 is 1.87 bits per heavy atom. The molecular weight excluding hydrogens is 200 g/mol. The molecule has 78 valence electrons. The predicted octanol–water partition coefficient (Wildman–Crippen LogP) is 1.81. The Bertz CT molecular complexity index is 459. The predicted molar refractivity (Wildman–Crippen MR) is 51.8 cm³/mol. The Kier molecular flexibility index (Phi) is 2.47. The van der Waals surface area contributed by atoms with E-state index in [0.717, 1.165) is 6.07 Å². The van der Waals surface area contributed by atoms with Gasteiger partial charge in [0.05, 0.1) is 18.4 Å². The second kappa shape index (κ2) is 3.78. The van der Waals surface area contributed by atoms with Gasteiger partial charge in [0.25, 0.3) is 0 Å². The molecule has 15 heavy (non-hydrogen) atoms. The van der Waals surface area contributed by atoms with Crippen molar-refractivity contribution in [2.24, 2.45) is 5.73 Å². The van der Waals surface area contributed by atoms with Gasteiger partial charge in [-0.05, 0) is 12.1 Å². The maximum absolute atomic E-state index is 12.9. The van der Waals surface area contributed by atoms with Crippen LogP contribution in [0.15, 0.2) is 24.4 Å². The number of aromatic nitrogens is 2. The van der Waals surface area contributed by atoms with Crippen LogP contribution in [-0.2, 0) is 6.54 Å². The second-order valence-corrected chi connectivity index (χ2v) is 3.11. The molecule has 0 saturated heterocycles. The van der Waals surface area contributed by atoms with Gasteiger partial charge in [-0.2, -0.15) is 0 Å². The highest BCUT2D eigenvalue weighted by molar-refractivity contribution is 5.58. The zero-order chi connectivity index (χ0) is 10.8. The van der Waals surface area contributed by atoms with Gasteiger partial charge in [0.2, 0.25) is 0 Å². The number of nitrogens with two attached hydrogens (primary N) is 1. The number of hydrogen-bond donors (Lipinski definition) is 2. The van der Waals surface area contributed by atoms with Crippen LogP contribution in [0.25, 0.3) is 11.3 Å². The smallest absolute Gasteiger partial charge is 0.126 e. The van der Waals surface area contributed by atoms with Gasteiger partial charge >= 0.3 is 0 Å². The third kappa shape index (κ3) is 2.02. The van der Waals surface area contributed by atoms with Crippen LogP contribution in [0.4, 0.5) is 8.78 Å². The highest BCUT2D eigenvalue weighted by Crippen LogP contribution is 2.19. The van der Waals surface area contributed by atoms with Gasteiger partial charge in [-0.1, -0.05) is 0 Å². The first-order chi connectivity index (χ1) is 7.19. The third-order valence-corrected chi connectivity index (χ3v) is 2.00. The first-order valence-corrected chi connectivity index (χ1v) is 4.39. The molecule has 0 aliphatic rings. The molecule has 0 amide bonds. The lowest BCUT2D eigenvalue weighted by molar-refractivity contribution is 0.584. The minimum absolute atomic E-state index is 0.262. The Morgan fingerprint density at radius 1 is 1.20 bits per heavy atom. The molecule has 2 aromatic rings. The maximum Gasteiger partial charge on any atom is 0.126 e. The number of aromatic amines is 1. The van der Waals surface area contributed by atoms with Gasteiger partial charge in [-0.3, -0.25) is 0 Å². The van der Waals surface area contributed by atoms with Crippen LogP contribution in [0.5, 0.6) is 0 Å². The highest BCUT2D eigenvalue weighted by atomic mass is 19.1. The minimum atomic E-state index is -0.617. The number of halogens is 2. The summed E-state index contributed by atoms with van der Waals surface area (Å²) in [5.41, 5.74) is 6.33. The van der Waals surface area contributed by atoms with Crippen molar-refractivity contribution in [1.82, 2.24) is 9.97 Å². The van der Waals surface area contributed by atoms with Crippen molar-refractivity contribution < 1.29 is 8.78 Å². The van der Waals surface area contributed by atoms with E-state index < -0.39 is 11.6 Å². The van der Waals surface area contributed by atoms with Gasteiger partial charge in [0.15, 0.2) is 0 Å². The molecule has 0 atom stereocenters. The molecule has 0 fully saturated rings. The monoisotopic (exact) mass is 209 g/mol. The zero-order valence-corrected chi connectivity index (χ0v) is 7.80. The fourth-order valence-corrected chi connectivity index (χ4v) is 1.32. The van der Waals surface area contributed by atoms with Crippen LogP contribution < -0.4 is 5.73 Å². The van der Waals surface area contributed by atoms with Crippen molar-refractivity contribution in [2.75, 3.05) is 0 Å². The van der Waals surface area contributed by atoms with E-state index >= 15 is 0 Å². The first-order valence-electron chi connectivity index (χ1n) is 4.39. The largest absolute Gasteiger partial charge is 0.341 e. The van der Waals surface area contributed by atoms with Crippen LogP contribution in [0, 0.1) is 11.6 Å². The van der Waals surface area contributed by atoms with Crippen LogP contribution in [-0.4, -0.2) is 9.97 Å². The van der Waals surface area contributed by atoms with E-state index in [9.17, 15) is 8.78 Å². The summed E-state index contributed by atoms with van der Waals surface area (Å²) in [6.45, 7) is 0.262. The Morgan fingerprint density at radius 3 is 2.40 bits per heavy atom. The molecule has 3 nitrogen and oxygen atoms in total. The van der Waals surface area contributed by atoms with Crippen LogP contribution in [0.3, 0.4) is 0 Å². The number of hydrogen-bond acceptors (Lipinski definition) is 2. The van der Waals surface area contributed by atoms with Gasteiger partial charge in [0.1, 0.15) is 17.5 Å². The zero-order valence-electron chi connectivity index (χ0n) is 7.80. The van der Waals surface area contributed by atoms with Gasteiger partial charge in [-0.25, -0.2) is 13.8 Å². The van der Waals surface area contributed by atoms with Crippen molar-refractivity contribution in [3.8, 4) is 11.3 Å². The van der Waals surface area contributed by atoms with Gasteiger partial charge in [0, 0.05) is 11.6 Å². The van der Waals surface area contributed by atoms with Crippen molar-refractivity contribution in [3.63, 3.8) is 0 Å². The maximum atomic E-state index is 12.9. The Balaban J connectivity index is 2.44. The molecule has 0 bridgehead atoms.